The quantitative estimate of drug-likeness (QED) is 0.170. The van der Waals surface area contributed by atoms with Crippen molar-refractivity contribution in [3.63, 3.8) is 0 Å². The fraction of sp³-hybridized carbons (Fsp3) is 0. The van der Waals surface area contributed by atoms with Gasteiger partial charge in [0.25, 0.3) is 0 Å². The Balaban J connectivity index is 1.03. The van der Waals surface area contributed by atoms with Crippen molar-refractivity contribution in [3.8, 4) is 44.5 Å². The maximum Gasteiger partial charge on any atom is 0.136 e. The first-order valence-electron chi connectivity index (χ1n) is 18.2. The van der Waals surface area contributed by atoms with Crippen LogP contribution in [0.5, 0.6) is 0 Å². The number of furan rings is 1. The van der Waals surface area contributed by atoms with E-state index in [4.69, 9.17) is 4.42 Å². The molecular weight excluding hydrogens is 641 g/mol. The van der Waals surface area contributed by atoms with E-state index < -0.39 is 0 Å². The van der Waals surface area contributed by atoms with Crippen molar-refractivity contribution in [3.05, 3.63) is 194 Å². The van der Waals surface area contributed by atoms with Gasteiger partial charge in [0.2, 0.25) is 0 Å². The van der Waals surface area contributed by atoms with Crippen molar-refractivity contribution < 1.29 is 4.42 Å². The minimum Gasteiger partial charge on any atom is -0.456 e. The molecule has 10 aromatic carbocycles. The molecule has 11 rings (SSSR count). The summed E-state index contributed by atoms with van der Waals surface area (Å²) in [6.45, 7) is 0. The van der Waals surface area contributed by atoms with Crippen molar-refractivity contribution in [2.45, 2.75) is 0 Å². The average molecular weight is 673 g/mol. The molecule has 0 aliphatic heterocycles. The maximum absolute atomic E-state index is 6.30. The van der Waals surface area contributed by atoms with Gasteiger partial charge in [-0.3, -0.25) is 0 Å². The molecule has 0 spiro atoms. The van der Waals surface area contributed by atoms with E-state index in [0.717, 1.165) is 21.9 Å². The summed E-state index contributed by atoms with van der Waals surface area (Å²) in [5.41, 5.74) is 11.6. The second-order valence-corrected chi connectivity index (χ2v) is 14.1. The van der Waals surface area contributed by atoms with Gasteiger partial charge in [-0.15, -0.1) is 0 Å². The monoisotopic (exact) mass is 672 g/mol. The summed E-state index contributed by atoms with van der Waals surface area (Å²) in [5, 5.41) is 12.2. The minimum atomic E-state index is 0.913. The van der Waals surface area contributed by atoms with Crippen molar-refractivity contribution in [2.24, 2.45) is 0 Å². The molecule has 0 aliphatic rings. The molecule has 0 unspecified atom stereocenters. The Bertz CT molecular complexity index is 3160. The third kappa shape index (κ3) is 4.86. The SMILES string of the molecule is c1cc(-c2ccc3ccccc3c2)cc(-c2c3ccccc3c(-c3ccc(-c4ccc5oc6cc7ccccc7cc6c5c4)cc3)c3ccccc23)c1. The van der Waals surface area contributed by atoms with Gasteiger partial charge < -0.3 is 4.42 Å². The van der Waals surface area contributed by atoms with Gasteiger partial charge >= 0.3 is 0 Å². The normalized spacial score (nSPS) is 11.8. The van der Waals surface area contributed by atoms with Crippen LogP contribution >= 0.6 is 0 Å². The molecule has 0 atom stereocenters. The number of benzene rings is 10. The smallest absolute Gasteiger partial charge is 0.136 e. The van der Waals surface area contributed by atoms with E-state index in [2.05, 4.69) is 194 Å². The Morgan fingerprint density at radius 2 is 0.698 bits per heavy atom. The summed E-state index contributed by atoms with van der Waals surface area (Å²) >= 11 is 0. The second kappa shape index (κ2) is 11.8. The van der Waals surface area contributed by atoms with E-state index in [0.29, 0.717) is 0 Å². The molecule has 53 heavy (non-hydrogen) atoms. The maximum atomic E-state index is 6.30. The van der Waals surface area contributed by atoms with Crippen LogP contribution in [0.2, 0.25) is 0 Å². The highest BCUT2D eigenvalue weighted by atomic mass is 16.3. The first-order valence-corrected chi connectivity index (χ1v) is 18.2. The molecule has 0 radical (unpaired) electrons. The number of hydrogen-bond acceptors (Lipinski definition) is 1. The largest absolute Gasteiger partial charge is 0.456 e. The first kappa shape index (κ1) is 29.7. The van der Waals surface area contributed by atoms with Crippen molar-refractivity contribution in [1.82, 2.24) is 0 Å². The molecule has 0 N–H and O–H groups in total. The molecule has 11 aromatic rings. The molecule has 1 heteroatoms. The van der Waals surface area contributed by atoms with Crippen LogP contribution < -0.4 is 0 Å². The van der Waals surface area contributed by atoms with Crippen LogP contribution in [-0.2, 0) is 0 Å². The lowest BCUT2D eigenvalue weighted by Gasteiger charge is -2.18. The molecule has 1 heterocycles. The summed E-state index contributed by atoms with van der Waals surface area (Å²) in [5.74, 6) is 0. The number of hydrogen-bond donors (Lipinski definition) is 0. The first-order chi connectivity index (χ1) is 26.2. The van der Waals surface area contributed by atoms with Gasteiger partial charge in [-0.05, 0) is 124 Å². The zero-order valence-electron chi connectivity index (χ0n) is 28.9. The van der Waals surface area contributed by atoms with Crippen molar-refractivity contribution >= 4 is 65.0 Å². The molecule has 0 fully saturated rings. The van der Waals surface area contributed by atoms with Crippen molar-refractivity contribution in [2.75, 3.05) is 0 Å². The zero-order valence-corrected chi connectivity index (χ0v) is 28.9. The summed E-state index contributed by atoms with van der Waals surface area (Å²) < 4.78 is 6.30. The number of rotatable bonds is 4. The van der Waals surface area contributed by atoms with Gasteiger partial charge in [0.05, 0.1) is 0 Å². The van der Waals surface area contributed by atoms with Gasteiger partial charge in [0.1, 0.15) is 11.2 Å². The van der Waals surface area contributed by atoms with E-state index in [9.17, 15) is 0 Å². The van der Waals surface area contributed by atoms with E-state index in [-0.39, 0.29) is 0 Å². The third-order valence-corrected chi connectivity index (χ3v) is 11.0. The average Bonchev–Trinajstić information content (AvgIpc) is 3.58. The standard InChI is InChI=1S/C52H32O/c1-2-11-36-28-40(25-22-33(36)10-1)37-14-9-15-42(29-37)52-45-18-7-5-16-43(45)51(44-17-6-8-19-46(44)52)35-23-20-34(21-24-35)41-26-27-49-47(31-41)48-30-38-12-3-4-13-39(38)32-50(48)53-49/h1-32H. The molecule has 246 valence electrons. The molecular formula is C52H32O. The highest BCUT2D eigenvalue weighted by Crippen LogP contribution is 2.45. The fourth-order valence-electron chi connectivity index (χ4n) is 8.44. The summed E-state index contributed by atoms with van der Waals surface area (Å²) in [6, 6.07) is 70.7. The summed E-state index contributed by atoms with van der Waals surface area (Å²) in [4.78, 5) is 0. The Kier molecular flexibility index (Phi) is 6.62. The van der Waals surface area contributed by atoms with Crippen LogP contribution in [0, 0.1) is 0 Å². The minimum absolute atomic E-state index is 0.913. The Morgan fingerprint density at radius 1 is 0.226 bits per heavy atom. The van der Waals surface area contributed by atoms with Crippen LogP contribution in [0.3, 0.4) is 0 Å². The summed E-state index contributed by atoms with van der Waals surface area (Å²) in [7, 11) is 0. The third-order valence-electron chi connectivity index (χ3n) is 11.0. The van der Waals surface area contributed by atoms with Crippen molar-refractivity contribution in [1.29, 1.82) is 0 Å². The molecule has 1 nitrogen and oxygen atoms in total. The summed E-state index contributed by atoms with van der Waals surface area (Å²) in [6.07, 6.45) is 0. The lowest BCUT2D eigenvalue weighted by Crippen LogP contribution is -1.91. The Hall–Kier alpha value is -6.96. The Labute approximate surface area is 307 Å². The molecule has 0 saturated carbocycles. The highest BCUT2D eigenvalue weighted by Gasteiger charge is 2.17. The van der Waals surface area contributed by atoms with E-state index in [1.165, 1.54) is 87.6 Å². The molecule has 0 bridgehead atoms. The van der Waals surface area contributed by atoms with Crippen LogP contribution in [0.25, 0.3) is 110 Å². The van der Waals surface area contributed by atoms with Gasteiger partial charge in [-0.2, -0.15) is 0 Å². The van der Waals surface area contributed by atoms with Crippen LogP contribution in [0.1, 0.15) is 0 Å². The topological polar surface area (TPSA) is 13.1 Å². The molecule has 0 aliphatic carbocycles. The van der Waals surface area contributed by atoms with E-state index in [1.807, 2.05) is 0 Å². The van der Waals surface area contributed by atoms with Gasteiger partial charge in [-0.25, -0.2) is 0 Å². The molecule has 1 aromatic heterocycles. The predicted molar refractivity (Wildman–Crippen MR) is 225 cm³/mol. The highest BCUT2D eigenvalue weighted by molar-refractivity contribution is 6.21. The molecule has 0 saturated heterocycles. The second-order valence-electron chi connectivity index (χ2n) is 14.1. The van der Waals surface area contributed by atoms with Crippen LogP contribution in [-0.4, -0.2) is 0 Å². The predicted octanol–water partition coefficient (Wildman–Crippen LogP) is 14.9. The lowest BCUT2D eigenvalue weighted by molar-refractivity contribution is 0.669. The fourth-order valence-corrected chi connectivity index (χ4v) is 8.44. The van der Waals surface area contributed by atoms with Gasteiger partial charge in [-0.1, -0.05) is 158 Å². The lowest BCUT2D eigenvalue weighted by atomic mass is 9.85. The Morgan fingerprint density at radius 3 is 1.40 bits per heavy atom. The van der Waals surface area contributed by atoms with E-state index in [1.54, 1.807) is 0 Å². The zero-order chi connectivity index (χ0) is 34.9. The molecule has 0 amide bonds. The van der Waals surface area contributed by atoms with Crippen LogP contribution in [0.4, 0.5) is 0 Å². The van der Waals surface area contributed by atoms with Gasteiger partial charge in [0, 0.05) is 10.8 Å². The van der Waals surface area contributed by atoms with Crippen LogP contribution in [0.15, 0.2) is 199 Å². The van der Waals surface area contributed by atoms with Gasteiger partial charge in [0.15, 0.2) is 0 Å². The van der Waals surface area contributed by atoms with E-state index >= 15 is 0 Å². The number of fused-ring (bicyclic) bond motifs is 7.